The summed E-state index contributed by atoms with van der Waals surface area (Å²) in [6.07, 6.45) is 0. The van der Waals surface area contributed by atoms with Gasteiger partial charge in [-0.15, -0.1) is 0 Å². The number of hydrogen-bond donors (Lipinski definition) is 3. The van der Waals surface area contributed by atoms with Crippen molar-refractivity contribution in [1.82, 2.24) is 15.5 Å². The Bertz CT molecular complexity index is 473. The molecule has 0 aliphatic heterocycles. The monoisotopic (exact) mass is 293 g/mol. The van der Waals surface area contributed by atoms with E-state index in [1.807, 2.05) is 0 Å². The highest BCUT2D eigenvalue weighted by Crippen LogP contribution is 2.04. The molecular weight excluding hydrogens is 270 g/mol. The van der Waals surface area contributed by atoms with Crippen LogP contribution in [0, 0.1) is 0 Å². The fourth-order valence-electron chi connectivity index (χ4n) is 1.93. The van der Waals surface area contributed by atoms with Gasteiger partial charge in [-0.05, 0) is 30.8 Å². The molecule has 0 heterocycles. The molecule has 0 saturated heterocycles. The molecule has 1 aromatic rings. The molecule has 0 aliphatic carbocycles. The number of carbonyl (C=O) groups excluding carboxylic acids is 1. The molecule has 0 aliphatic rings. The Morgan fingerprint density at radius 1 is 1.19 bits per heavy atom. The van der Waals surface area contributed by atoms with E-state index in [0.717, 1.165) is 25.2 Å². The summed E-state index contributed by atoms with van der Waals surface area (Å²) >= 11 is 0. The van der Waals surface area contributed by atoms with Crippen LogP contribution >= 0.6 is 0 Å². The van der Waals surface area contributed by atoms with E-state index in [9.17, 15) is 9.59 Å². The number of rotatable bonds is 8. The fraction of sp³-hybridized carbons (Fsp3) is 0.467. The summed E-state index contributed by atoms with van der Waals surface area (Å²) in [5, 5.41) is 14.4. The predicted octanol–water partition coefficient (Wildman–Crippen LogP) is 1.53. The van der Waals surface area contributed by atoms with E-state index in [2.05, 4.69) is 29.4 Å². The first kappa shape index (κ1) is 17.0. The van der Waals surface area contributed by atoms with Gasteiger partial charge in [0, 0.05) is 19.6 Å². The van der Waals surface area contributed by atoms with Crippen LogP contribution in [-0.4, -0.2) is 48.2 Å². The van der Waals surface area contributed by atoms with Crippen LogP contribution in [0.15, 0.2) is 24.3 Å². The number of hydrogen-bond acceptors (Lipinski definition) is 3. The minimum Gasteiger partial charge on any atom is -0.478 e. The number of carboxylic acid groups (broad SMARTS) is 1. The normalized spacial score (nSPS) is 10.4. The van der Waals surface area contributed by atoms with Gasteiger partial charge >= 0.3 is 12.0 Å². The number of nitrogens with zero attached hydrogens (tertiary/aromatic N) is 1. The number of carbonyl (C=O) groups is 2. The SMILES string of the molecule is CCN(CC)CCNC(=O)NCc1cccc(C(=O)O)c1. The first-order chi connectivity index (χ1) is 10.1. The first-order valence-electron chi connectivity index (χ1n) is 7.13. The van der Waals surface area contributed by atoms with E-state index in [1.54, 1.807) is 18.2 Å². The van der Waals surface area contributed by atoms with E-state index in [-0.39, 0.29) is 11.6 Å². The Morgan fingerprint density at radius 2 is 1.90 bits per heavy atom. The van der Waals surface area contributed by atoms with Crippen LogP contribution in [0.2, 0.25) is 0 Å². The molecule has 0 spiro atoms. The van der Waals surface area contributed by atoms with Gasteiger partial charge in [-0.1, -0.05) is 26.0 Å². The van der Waals surface area contributed by atoms with Gasteiger partial charge in [-0.3, -0.25) is 0 Å². The molecule has 0 saturated carbocycles. The number of urea groups is 1. The second-order valence-electron chi connectivity index (χ2n) is 4.64. The van der Waals surface area contributed by atoms with Gasteiger partial charge in [0.2, 0.25) is 0 Å². The maximum absolute atomic E-state index is 11.6. The molecule has 0 fully saturated rings. The van der Waals surface area contributed by atoms with Crippen molar-refractivity contribution in [2.24, 2.45) is 0 Å². The second kappa shape index (κ2) is 8.97. The number of benzene rings is 1. The summed E-state index contributed by atoms with van der Waals surface area (Å²) in [5.41, 5.74) is 0.977. The maximum Gasteiger partial charge on any atom is 0.335 e. The number of amides is 2. The minimum absolute atomic E-state index is 0.219. The number of carboxylic acids is 1. The van der Waals surface area contributed by atoms with Gasteiger partial charge in [-0.2, -0.15) is 0 Å². The van der Waals surface area contributed by atoms with Crippen LogP contribution in [0.25, 0.3) is 0 Å². The number of nitrogens with one attached hydrogen (secondary N) is 2. The smallest absolute Gasteiger partial charge is 0.335 e. The number of aromatic carboxylic acids is 1. The average molecular weight is 293 g/mol. The van der Waals surface area contributed by atoms with E-state index >= 15 is 0 Å². The summed E-state index contributed by atoms with van der Waals surface area (Å²) in [4.78, 5) is 24.7. The summed E-state index contributed by atoms with van der Waals surface area (Å²) in [7, 11) is 0. The van der Waals surface area contributed by atoms with Crippen molar-refractivity contribution in [2.45, 2.75) is 20.4 Å². The Morgan fingerprint density at radius 3 is 2.52 bits per heavy atom. The summed E-state index contributed by atoms with van der Waals surface area (Å²) in [6, 6.07) is 6.28. The molecule has 6 heteroatoms. The molecule has 6 nitrogen and oxygen atoms in total. The van der Waals surface area contributed by atoms with Gasteiger partial charge < -0.3 is 20.6 Å². The van der Waals surface area contributed by atoms with Crippen molar-refractivity contribution in [3.05, 3.63) is 35.4 Å². The van der Waals surface area contributed by atoms with Gasteiger partial charge in [-0.25, -0.2) is 9.59 Å². The van der Waals surface area contributed by atoms with Crippen molar-refractivity contribution in [1.29, 1.82) is 0 Å². The highest BCUT2D eigenvalue weighted by molar-refractivity contribution is 5.87. The minimum atomic E-state index is -0.972. The zero-order chi connectivity index (χ0) is 15.7. The Balaban J connectivity index is 2.33. The Hall–Kier alpha value is -2.08. The van der Waals surface area contributed by atoms with E-state index < -0.39 is 5.97 Å². The lowest BCUT2D eigenvalue weighted by Crippen LogP contribution is -2.40. The average Bonchev–Trinajstić information content (AvgIpc) is 2.50. The number of likely N-dealkylation sites (N-methyl/N-ethyl adjacent to an activating group) is 1. The highest BCUT2D eigenvalue weighted by Gasteiger charge is 2.05. The zero-order valence-electron chi connectivity index (χ0n) is 12.6. The van der Waals surface area contributed by atoms with E-state index in [0.29, 0.717) is 13.1 Å². The third-order valence-electron chi connectivity index (χ3n) is 3.24. The molecule has 0 bridgehead atoms. The second-order valence-corrected chi connectivity index (χ2v) is 4.64. The van der Waals surface area contributed by atoms with Gasteiger partial charge in [0.1, 0.15) is 0 Å². The molecule has 0 radical (unpaired) electrons. The molecule has 21 heavy (non-hydrogen) atoms. The lowest BCUT2D eigenvalue weighted by molar-refractivity contribution is 0.0696. The van der Waals surface area contributed by atoms with Gasteiger partial charge in [0.05, 0.1) is 5.56 Å². The predicted molar refractivity (Wildman–Crippen MR) is 81.4 cm³/mol. The molecule has 116 valence electrons. The van der Waals surface area contributed by atoms with Crippen LogP contribution in [0.4, 0.5) is 4.79 Å². The van der Waals surface area contributed by atoms with Crippen LogP contribution in [-0.2, 0) is 6.54 Å². The molecule has 0 unspecified atom stereocenters. The third-order valence-corrected chi connectivity index (χ3v) is 3.24. The topological polar surface area (TPSA) is 81.7 Å². The van der Waals surface area contributed by atoms with Crippen molar-refractivity contribution in [3.63, 3.8) is 0 Å². The standard InChI is InChI=1S/C15H23N3O3/c1-3-18(4-2)9-8-16-15(21)17-11-12-6-5-7-13(10-12)14(19)20/h5-7,10H,3-4,8-9,11H2,1-2H3,(H,19,20)(H2,16,17,21). The molecule has 1 rings (SSSR count). The van der Waals surface area contributed by atoms with Crippen molar-refractivity contribution >= 4 is 12.0 Å². The largest absolute Gasteiger partial charge is 0.478 e. The quantitative estimate of drug-likeness (QED) is 0.679. The van der Waals surface area contributed by atoms with Crippen LogP contribution in [0.5, 0.6) is 0 Å². The molecule has 2 amide bonds. The van der Waals surface area contributed by atoms with Gasteiger partial charge in [0.25, 0.3) is 0 Å². The van der Waals surface area contributed by atoms with Crippen molar-refractivity contribution < 1.29 is 14.7 Å². The van der Waals surface area contributed by atoms with E-state index in [4.69, 9.17) is 5.11 Å². The van der Waals surface area contributed by atoms with Crippen molar-refractivity contribution in [2.75, 3.05) is 26.2 Å². The molecule has 3 N–H and O–H groups in total. The van der Waals surface area contributed by atoms with Crippen LogP contribution < -0.4 is 10.6 Å². The first-order valence-corrected chi connectivity index (χ1v) is 7.13. The molecule has 0 atom stereocenters. The van der Waals surface area contributed by atoms with Crippen LogP contribution in [0.3, 0.4) is 0 Å². The Kier molecular flexibility index (Phi) is 7.25. The summed E-state index contributed by atoms with van der Waals surface area (Å²) in [5.74, 6) is -0.972. The Labute approximate surface area is 125 Å². The lowest BCUT2D eigenvalue weighted by Gasteiger charge is -2.18. The molecule has 0 aromatic heterocycles. The molecule has 1 aromatic carbocycles. The van der Waals surface area contributed by atoms with E-state index in [1.165, 1.54) is 6.07 Å². The van der Waals surface area contributed by atoms with Crippen molar-refractivity contribution in [3.8, 4) is 0 Å². The highest BCUT2D eigenvalue weighted by atomic mass is 16.4. The van der Waals surface area contributed by atoms with Gasteiger partial charge in [0.15, 0.2) is 0 Å². The fourth-order valence-corrected chi connectivity index (χ4v) is 1.93. The van der Waals surface area contributed by atoms with Crippen LogP contribution in [0.1, 0.15) is 29.8 Å². The summed E-state index contributed by atoms with van der Waals surface area (Å²) in [6.45, 7) is 7.79. The zero-order valence-corrected chi connectivity index (χ0v) is 12.6. The summed E-state index contributed by atoms with van der Waals surface area (Å²) < 4.78 is 0. The third kappa shape index (κ3) is 6.27. The maximum atomic E-state index is 11.6. The molecular formula is C15H23N3O3. The lowest BCUT2D eigenvalue weighted by atomic mass is 10.1.